The third kappa shape index (κ3) is 3.28. The number of likely N-dealkylation sites (tertiary alicyclic amines) is 1. The maximum atomic E-state index is 13.8. The molecule has 0 aliphatic carbocycles. The minimum Gasteiger partial charge on any atom is -0.356 e. The van der Waals surface area contributed by atoms with Gasteiger partial charge in [-0.15, -0.1) is 0 Å². The van der Waals surface area contributed by atoms with Crippen LogP contribution in [0, 0.1) is 12.7 Å². The van der Waals surface area contributed by atoms with Gasteiger partial charge in [0.2, 0.25) is 0 Å². The van der Waals surface area contributed by atoms with Gasteiger partial charge in [-0.25, -0.2) is 12.8 Å². The van der Waals surface area contributed by atoms with Crippen molar-refractivity contribution in [2.24, 2.45) is 0 Å². The molecule has 0 atom stereocenters. The number of nitrogens with one attached hydrogen (secondary N) is 2. The van der Waals surface area contributed by atoms with E-state index in [1.165, 1.54) is 24.4 Å². The summed E-state index contributed by atoms with van der Waals surface area (Å²) in [5.74, 6) is -0.885. The molecule has 1 saturated heterocycles. The summed E-state index contributed by atoms with van der Waals surface area (Å²) in [7, 11) is -3.98. The van der Waals surface area contributed by atoms with Crippen LogP contribution in [0.4, 0.5) is 10.1 Å². The summed E-state index contributed by atoms with van der Waals surface area (Å²) in [5, 5.41) is 0. The summed E-state index contributed by atoms with van der Waals surface area (Å²) < 4.78 is 40.8. The topological polar surface area (TPSA) is 82.3 Å². The fourth-order valence-electron chi connectivity index (χ4n) is 2.66. The van der Waals surface area contributed by atoms with Gasteiger partial charge >= 0.3 is 0 Å². The van der Waals surface area contributed by atoms with Crippen molar-refractivity contribution in [1.29, 1.82) is 0 Å². The van der Waals surface area contributed by atoms with E-state index in [9.17, 15) is 17.6 Å². The minimum atomic E-state index is -3.98. The molecule has 0 bridgehead atoms. The first-order valence-corrected chi connectivity index (χ1v) is 9.12. The number of anilines is 1. The Balaban J connectivity index is 1.82. The van der Waals surface area contributed by atoms with Gasteiger partial charge in [-0.3, -0.25) is 9.52 Å². The molecule has 1 aliphatic heterocycles. The van der Waals surface area contributed by atoms with Crippen LogP contribution in [-0.4, -0.2) is 37.3 Å². The Labute approximate surface area is 139 Å². The first-order valence-electron chi connectivity index (χ1n) is 7.63. The van der Waals surface area contributed by atoms with E-state index >= 15 is 0 Å². The molecule has 0 spiro atoms. The van der Waals surface area contributed by atoms with Crippen LogP contribution in [0.1, 0.15) is 28.9 Å². The average molecular weight is 351 g/mol. The summed E-state index contributed by atoms with van der Waals surface area (Å²) in [6.07, 6.45) is 3.14. The molecular weight excluding hydrogens is 333 g/mol. The molecule has 0 radical (unpaired) electrons. The lowest BCUT2D eigenvalue weighted by atomic mass is 10.2. The molecule has 3 rings (SSSR count). The van der Waals surface area contributed by atoms with Crippen LogP contribution in [0.25, 0.3) is 0 Å². The lowest BCUT2D eigenvalue weighted by Gasteiger charge is -2.13. The van der Waals surface area contributed by atoms with E-state index in [2.05, 4.69) is 9.71 Å². The highest BCUT2D eigenvalue weighted by atomic mass is 32.2. The lowest BCUT2D eigenvalue weighted by Crippen LogP contribution is -2.27. The van der Waals surface area contributed by atoms with Crippen molar-refractivity contribution in [3.05, 3.63) is 47.5 Å². The largest absolute Gasteiger partial charge is 0.356 e. The average Bonchev–Trinajstić information content (AvgIpc) is 3.21. The molecule has 8 heteroatoms. The molecule has 2 heterocycles. The second-order valence-electron chi connectivity index (χ2n) is 5.84. The molecular formula is C16H18FN3O3S. The van der Waals surface area contributed by atoms with E-state index in [-0.39, 0.29) is 22.2 Å². The Morgan fingerprint density at radius 2 is 1.96 bits per heavy atom. The zero-order valence-corrected chi connectivity index (χ0v) is 14.0. The van der Waals surface area contributed by atoms with Crippen molar-refractivity contribution in [3.8, 4) is 0 Å². The molecule has 6 nitrogen and oxygen atoms in total. The van der Waals surface area contributed by atoms with E-state index in [1.807, 2.05) is 0 Å². The van der Waals surface area contributed by atoms with Crippen LogP contribution in [0.15, 0.2) is 35.4 Å². The van der Waals surface area contributed by atoms with Crippen molar-refractivity contribution >= 4 is 21.6 Å². The number of carbonyl (C=O) groups is 1. The van der Waals surface area contributed by atoms with Crippen LogP contribution in [-0.2, 0) is 10.0 Å². The summed E-state index contributed by atoms with van der Waals surface area (Å²) in [6, 6.07) is 5.44. The maximum absolute atomic E-state index is 13.8. The molecule has 1 aromatic heterocycles. The number of sulfonamides is 1. The number of hydrogen-bond acceptors (Lipinski definition) is 3. The third-order valence-corrected chi connectivity index (χ3v) is 5.30. The smallest absolute Gasteiger partial charge is 0.270 e. The van der Waals surface area contributed by atoms with Crippen molar-refractivity contribution in [2.45, 2.75) is 24.7 Å². The number of halogens is 1. The summed E-state index contributed by atoms with van der Waals surface area (Å²) >= 11 is 0. The number of benzene rings is 1. The first kappa shape index (κ1) is 16.5. The van der Waals surface area contributed by atoms with Gasteiger partial charge in [-0.05, 0) is 43.5 Å². The van der Waals surface area contributed by atoms with E-state index in [4.69, 9.17) is 0 Å². The SMILES string of the molecule is Cc1ccc(F)c(NS(=O)(=O)c2c[nH]c(C(=O)N3CCCC3)c2)c1. The molecule has 1 aliphatic rings. The molecule has 1 fully saturated rings. The van der Waals surface area contributed by atoms with E-state index in [0.29, 0.717) is 13.1 Å². The second-order valence-corrected chi connectivity index (χ2v) is 7.52. The van der Waals surface area contributed by atoms with Crippen molar-refractivity contribution < 1.29 is 17.6 Å². The molecule has 128 valence electrons. The Hall–Kier alpha value is -2.35. The first-order chi connectivity index (χ1) is 11.4. The van der Waals surface area contributed by atoms with Crippen molar-refractivity contribution in [1.82, 2.24) is 9.88 Å². The molecule has 2 aromatic rings. The fourth-order valence-corrected chi connectivity index (χ4v) is 3.72. The van der Waals surface area contributed by atoms with Gasteiger partial charge in [0.15, 0.2) is 0 Å². The number of amides is 1. The zero-order chi connectivity index (χ0) is 17.3. The molecule has 2 N–H and O–H groups in total. The predicted octanol–water partition coefficient (Wildman–Crippen LogP) is 2.50. The second kappa shape index (κ2) is 6.27. The summed E-state index contributed by atoms with van der Waals surface area (Å²) in [4.78, 5) is 16.5. The number of hydrogen-bond donors (Lipinski definition) is 2. The lowest BCUT2D eigenvalue weighted by molar-refractivity contribution is 0.0787. The Kier molecular flexibility index (Phi) is 4.31. The van der Waals surface area contributed by atoms with Gasteiger partial charge in [0, 0.05) is 19.3 Å². The van der Waals surface area contributed by atoms with Crippen LogP contribution in [0.3, 0.4) is 0 Å². The number of nitrogens with zero attached hydrogens (tertiary/aromatic N) is 1. The summed E-state index contributed by atoms with van der Waals surface area (Å²) in [5.41, 5.74) is 0.818. The van der Waals surface area contributed by atoms with Gasteiger partial charge in [0.1, 0.15) is 16.4 Å². The van der Waals surface area contributed by atoms with Gasteiger partial charge in [-0.2, -0.15) is 0 Å². The van der Waals surface area contributed by atoms with Crippen molar-refractivity contribution in [2.75, 3.05) is 17.8 Å². The van der Waals surface area contributed by atoms with Gasteiger partial charge < -0.3 is 9.88 Å². The number of H-pyrrole nitrogens is 1. The number of aromatic amines is 1. The number of aryl methyl sites for hydroxylation is 1. The van der Waals surface area contributed by atoms with E-state index in [0.717, 1.165) is 18.4 Å². The number of aromatic nitrogens is 1. The summed E-state index contributed by atoms with van der Waals surface area (Å²) in [6.45, 7) is 3.08. The number of carbonyl (C=O) groups excluding carboxylic acids is 1. The predicted molar refractivity (Wildman–Crippen MR) is 87.9 cm³/mol. The maximum Gasteiger partial charge on any atom is 0.270 e. The highest BCUT2D eigenvalue weighted by Gasteiger charge is 2.24. The normalized spacial score (nSPS) is 14.8. The van der Waals surface area contributed by atoms with Gasteiger partial charge in [0.25, 0.3) is 15.9 Å². The zero-order valence-electron chi connectivity index (χ0n) is 13.2. The molecule has 0 unspecified atom stereocenters. The molecule has 1 aromatic carbocycles. The fraction of sp³-hybridized carbons (Fsp3) is 0.312. The highest BCUT2D eigenvalue weighted by molar-refractivity contribution is 7.92. The van der Waals surface area contributed by atoms with Crippen LogP contribution in [0.5, 0.6) is 0 Å². The standard InChI is InChI=1S/C16H18FN3O3S/c1-11-4-5-13(17)14(8-11)19-24(22,23)12-9-15(18-10-12)16(21)20-6-2-3-7-20/h4-5,8-10,18-19H,2-3,6-7H2,1H3. The highest BCUT2D eigenvalue weighted by Crippen LogP contribution is 2.22. The van der Waals surface area contributed by atoms with E-state index in [1.54, 1.807) is 17.9 Å². The van der Waals surface area contributed by atoms with Crippen LogP contribution < -0.4 is 4.72 Å². The molecule has 0 saturated carbocycles. The molecule has 1 amide bonds. The molecule has 24 heavy (non-hydrogen) atoms. The quantitative estimate of drug-likeness (QED) is 0.888. The Morgan fingerprint density at radius 1 is 1.25 bits per heavy atom. The van der Waals surface area contributed by atoms with Crippen LogP contribution >= 0.6 is 0 Å². The van der Waals surface area contributed by atoms with Gasteiger partial charge in [-0.1, -0.05) is 6.07 Å². The van der Waals surface area contributed by atoms with Gasteiger partial charge in [0.05, 0.1) is 5.69 Å². The monoisotopic (exact) mass is 351 g/mol. The minimum absolute atomic E-state index is 0.106. The number of rotatable bonds is 4. The van der Waals surface area contributed by atoms with E-state index < -0.39 is 15.8 Å². The Bertz CT molecular complexity index is 870. The van der Waals surface area contributed by atoms with Crippen molar-refractivity contribution in [3.63, 3.8) is 0 Å². The van der Waals surface area contributed by atoms with Crippen LogP contribution in [0.2, 0.25) is 0 Å². The third-order valence-electron chi connectivity index (χ3n) is 3.96. The Morgan fingerprint density at radius 3 is 2.67 bits per heavy atom.